The van der Waals surface area contributed by atoms with Gasteiger partial charge in [-0.3, -0.25) is 15.5 Å². The van der Waals surface area contributed by atoms with Crippen molar-refractivity contribution in [1.29, 1.82) is 0 Å². The van der Waals surface area contributed by atoms with Gasteiger partial charge in [0.2, 0.25) is 0 Å². The van der Waals surface area contributed by atoms with E-state index in [0.29, 0.717) is 5.69 Å². The fraction of sp³-hybridized carbons (Fsp3) is 0.0714. The fourth-order valence-corrected chi connectivity index (χ4v) is 1.44. The van der Waals surface area contributed by atoms with E-state index >= 15 is 0 Å². The summed E-state index contributed by atoms with van der Waals surface area (Å²) in [6.45, 7) is 1.83. The monoisotopic (exact) mass is 271 g/mol. The van der Waals surface area contributed by atoms with Gasteiger partial charge in [0, 0.05) is 12.1 Å². The molecule has 0 aliphatic heterocycles. The van der Waals surface area contributed by atoms with Crippen LogP contribution in [0.4, 0.5) is 11.4 Å². The number of non-ortho nitro benzene ring substituents is 1. The molecular formula is C14H13N3O3. The van der Waals surface area contributed by atoms with Crippen LogP contribution >= 0.6 is 0 Å². The number of rotatable bonds is 5. The molecule has 20 heavy (non-hydrogen) atoms. The van der Waals surface area contributed by atoms with Gasteiger partial charge < -0.3 is 4.42 Å². The Kier molecular flexibility index (Phi) is 4.28. The van der Waals surface area contributed by atoms with Crippen LogP contribution in [0.5, 0.6) is 0 Å². The molecule has 0 unspecified atom stereocenters. The summed E-state index contributed by atoms with van der Waals surface area (Å²) in [5.41, 5.74) is 4.31. The molecule has 1 N–H and O–H groups in total. The first-order valence-corrected chi connectivity index (χ1v) is 5.91. The zero-order chi connectivity index (χ0) is 14.4. The second kappa shape index (κ2) is 6.33. The molecule has 0 aliphatic carbocycles. The molecular weight excluding hydrogens is 258 g/mol. The van der Waals surface area contributed by atoms with Crippen LogP contribution in [-0.4, -0.2) is 10.6 Å². The molecule has 6 heteroatoms. The molecule has 0 atom stereocenters. The number of furan rings is 1. The minimum Gasteiger partial charge on any atom is -0.465 e. The first-order chi connectivity index (χ1) is 9.65. The van der Waals surface area contributed by atoms with Gasteiger partial charge >= 0.3 is 0 Å². The molecule has 1 aromatic heterocycles. The lowest BCUT2D eigenvalue weighted by molar-refractivity contribution is -0.384. The van der Waals surface area contributed by atoms with Crippen molar-refractivity contribution >= 4 is 23.2 Å². The van der Waals surface area contributed by atoms with Crippen molar-refractivity contribution in [3.63, 3.8) is 0 Å². The van der Waals surface area contributed by atoms with Gasteiger partial charge in [0.25, 0.3) is 5.69 Å². The number of hydrogen-bond donors (Lipinski definition) is 1. The third-order valence-corrected chi connectivity index (χ3v) is 2.47. The second-order valence-electron chi connectivity index (χ2n) is 4.02. The molecule has 2 rings (SSSR count). The topological polar surface area (TPSA) is 80.7 Å². The van der Waals surface area contributed by atoms with Crippen LogP contribution in [0.3, 0.4) is 0 Å². The predicted molar refractivity (Wildman–Crippen MR) is 77.6 cm³/mol. The van der Waals surface area contributed by atoms with E-state index in [4.69, 9.17) is 4.42 Å². The summed E-state index contributed by atoms with van der Waals surface area (Å²) < 4.78 is 5.16. The van der Waals surface area contributed by atoms with Gasteiger partial charge in [-0.1, -0.05) is 0 Å². The van der Waals surface area contributed by atoms with Crippen molar-refractivity contribution in [2.45, 2.75) is 6.92 Å². The van der Waals surface area contributed by atoms with E-state index in [1.165, 1.54) is 12.1 Å². The van der Waals surface area contributed by atoms with Crippen molar-refractivity contribution in [3.05, 3.63) is 64.6 Å². The van der Waals surface area contributed by atoms with E-state index in [2.05, 4.69) is 10.5 Å². The Morgan fingerprint density at radius 2 is 2.10 bits per heavy atom. The summed E-state index contributed by atoms with van der Waals surface area (Å²) in [4.78, 5) is 10.1. The van der Waals surface area contributed by atoms with Crippen LogP contribution in [-0.2, 0) is 0 Å². The Morgan fingerprint density at radius 1 is 1.35 bits per heavy atom. The molecule has 6 nitrogen and oxygen atoms in total. The molecule has 0 saturated carbocycles. The van der Waals surface area contributed by atoms with Crippen molar-refractivity contribution in [2.24, 2.45) is 5.10 Å². The van der Waals surface area contributed by atoms with Gasteiger partial charge in [0.05, 0.1) is 22.6 Å². The van der Waals surface area contributed by atoms with Crippen LogP contribution in [0.2, 0.25) is 0 Å². The smallest absolute Gasteiger partial charge is 0.269 e. The Balaban J connectivity index is 1.96. The number of hydrogen-bond acceptors (Lipinski definition) is 5. The van der Waals surface area contributed by atoms with E-state index in [-0.39, 0.29) is 5.69 Å². The normalized spacial score (nSPS) is 11.8. The average molecular weight is 271 g/mol. The highest BCUT2D eigenvalue weighted by Gasteiger charge is 2.02. The number of nitrogens with one attached hydrogen (secondary N) is 1. The van der Waals surface area contributed by atoms with Gasteiger partial charge in [0.1, 0.15) is 5.76 Å². The zero-order valence-electron chi connectivity index (χ0n) is 10.8. The van der Waals surface area contributed by atoms with Crippen LogP contribution in [0.1, 0.15) is 12.7 Å². The maximum atomic E-state index is 10.5. The molecule has 1 heterocycles. The third kappa shape index (κ3) is 3.81. The van der Waals surface area contributed by atoms with Crippen LogP contribution in [0.15, 0.2) is 58.3 Å². The van der Waals surface area contributed by atoms with Gasteiger partial charge in [-0.05, 0) is 43.3 Å². The van der Waals surface area contributed by atoms with E-state index in [0.717, 1.165) is 11.5 Å². The predicted octanol–water partition coefficient (Wildman–Crippen LogP) is 3.69. The first kappa shape index (κ1) is 13.5. The molecule has 0 bridgehead atoms. The quantitative estimate of drug-likeness (QED) is 0.511. The SMILES string of the molecule is CC(C=Cc1ccco1)=NNc1ccc([N+](=O)[O-])cc1. The van der Waals surface area contributed by atoms with Gasteiger partial charge in [-0.15, -0.1) is 0 Å². The first-order valence-electron chi connectivity index (χ1n) is 5.91. The highest BCUT2D eigenvalue weighted by atomic mass is 16.6. The lowest BCUT2D eigenvalue weighted by Gasteiger charge is -2.00. The number of benzene rings is 1. The Bertz CT molecular complexity index is 628. The van der Waals surface area contributed by atoms with E-state index in [1.807, 2.05) is 13.0 Å². The number of nitro benzene ring substituents is 1. The van der Waals surface area contributed by atoms with E-state index < -0.39 is 4.92 Å². The second-order valence-corrected chi connectivity index (χ2v) is 4.02. The van der Waals surface area contributed by atoms with Crippen molar-refractivity contribution in [3.8, 4) is 0 Å². The average Bonchev–Trinajstić information content (AvgIpc) is 2.96. The van der Waals surface area contributed by atoms with E-state index in [9.17, 15) is 10.1 Å². The van der Waals surface area contributed by atoms with Crippen LogP contribution in [0, 0.1) is 10.1 Å². The summed E-state index contributed by atoms with van der Waals surface area (Å²) in [6.07, 6.45) is 5.20. The number of nitrogens with zero attached hydrogens (tertiary/aromatic N) is 2. The maximum Gasteiger partial charge on any atom is 0.269 e. The number of anilines is 1. The van der Waals surface area contributed by atoms with Crippen molar-refractivity contribution < 1.29 is 9.34 Å². The molecule has 0 saturated heterocycles. The molecule has 2 aromatic rings. The van der Waals surface area contributed by atoms with Crippen LogP contribution < -0.4 is 5.43 Å². The largest absolute Gasteiger partial charge is 0.465 e. The Morgan fingerprint density at radius 3 is 2.70 bits per heavy atom. The number of nitro groups is 1. The minimum absolute atomic E-state index is 0.0500. The fourth-order valence-electron chi connectivity index (χ4n) is 1.44. The summed E-state index contributed by atoms with van der Waals surface area (Å²) in [7, 11) is 0. The number of allylic oxidation sites excluding steroid dienone is 1. The molecule has 1 aromatic carbocycles. The minimum atomic E-state index is -0.440. The van der Waals surface area contributed by atoms with Crippen molar-refractivity contribution in [1.82, 2.24) is 0 Å². The van der Waals surface area contributed by atoms with Crippen molar-refractivity contribution in [2.75, 3.05) is 5.43 Å². The standard InChI is InChI=1S/C14H13N3O3/c1-11(4-9-14-3-2-10-20-14)15-16-12-5-7-13(8-6-12)17(18)19/h2-10,16H,1H3. The van der Waals surface area contributed by atoms with Crippen LogP contribution in [0.25, 0.3) is 6.08 Å². The molecule has 102 valence electrons. The van der Waals surface area contributed by atoms with Gasteiger partial charge in [0.15, 0.2) is 0 Å². The number of hydrazone groups is 1. The Hall–Kier alpha value is -2.89. The highest BCUT2D eigenvalue weighted by Crippen LogP contribution is 2.15. The molecule has 0 fully saturated rings. The zero-order valence-corrected chi connectivity index (χ0v) is 10.8. The molecule has 0 amide bonds. The Labute approximate surface area is 115 Å². The summed E-state index contributed by atoms with van der Waals surface area (Å²) >= 11 is 0. The lowest BCUT2D eigenvalue weighted by Crippen LogP contribution is -1.94. The molecule has 0 spiro atoms. The summed E-state index contributed by atoms with van der Waals surface area (Å²) in [6, 6.07) is 9.70. The summed E-state index contributed by atoms with van der Waals surface area (Å²) in [5.74, 6) is 0.745. The lowest BCUT2D eigenvalue weighted by atomic mass is 10.3. The summed E-state index contributed by atoms with van der Waals surface area (Å²) in [5, 5.41) is 14.7. The molecule has 0 aliphatic rings. The van der Waals surface area contributed by atoms with E-state index in [1.54, 1.807) is 36.6 Å². The van der Waals surface area contributed by atoms with Gasteiger partial charge in [-0.25, -0.2) is 0 Å². The maximum absolute atomic E-state index is 10.5. The highest BCUT2D eigenvalue weighted by molar-refractivity contribution is 5.96. The molecule has 0 radical (unpaired) electrons. The third-order valence-electron chi connectivity index (χ3n) is 2.47. The van der Waals surface area contributed by atoms with Gasteiger partial charge in [-0.2, -0.15) is 5.10 Å².